The predicted octanol–water partition coefficient (Wildman–Crippen LogP) is 0.754. The number of benzene rings is 1. The van der Waals surface area contributed by atoms with Crippen LogP contribution in [0.1, 0.15) is 0 Å². The van der Waals surface area contributed by atoms with Gasteiger partial charge in [0.1, 0.15) is 17.7 Å². The summed E-state index contributed by atoms with van der Waals surface area (Å²) in [7, 11) is 1.64. The van der Waals surface area contributed by atoms with Crippen molar-refractivity contribution in [1.29, 1.82) is 0 Å². The number of aryl methyl sites for hydroxylation is 1. The van der Waals surface area contributed by atoms with E-state index in [2.05, 4.69) is 15.6 Å². The number of para-hydroxylation sites is 1. The van der Waals surface area contributed by atoms with E-state index >= 15 is 0 Å². The number of fused-ring (bicyclic) bond motifs is 2. The van der Waals surface area contributed by atoms with Gasteiger partial charge in [0.05, 0.1) is 28.1 Å². The van der Waals surface area contributed by atoms with Gasteiger partial charge in [-0.3, -0.25) is 23.6 Å². The second-order valence-electron chi connectivity index (χ2n) is 7.99. The Balaban J connectivity index is 1.20. The largest absolute Gasteiger partial charge is 0.443 e. The topological polar surface area (TPSA) is 128 Å². The minimum absolute atomic E-state index is 0.131. The van der Waals surface area contributed by atoms with Crippen LogP contribution in [0.15, 0.2) is 50.9 Å². The standard InChI is InChI=1S/C22H22N6O5S/c1-26-15-5-3-2-4-14(15)20(30)27(21(26)31)9-8-23-10-13-11-28(22(32)33-13)17-7-6-16-19(24-17)25-18(29)12-34-16/h2-7,13,23H,8-12H2,1H3,(H,24,25,29)/t13-/m1/s1. The molecule has 1 saturated heterocycles. The lowest BCUT2D eigenvalue weighted by molar-refractivity contribution is -0.113. The van der Waals surface area contributed by atoms with Gasteiger partial charge in [0, 0.05) is 26.7 Å². The maximum atomic E-state index is 12.7. The number of hydrogen-bond acceptors (Lipinski definition) is 8. The molecule has 2 aliphatic heterocycles. The van der Waals surface area contributed by atoms with E-state index in [1.54, 1.807) is 37.4 Å². The zero-order chi connectivity index (χ0) is 23.8. The number of rotatable bonds is 6. The Bertz CT molecular complexity index is 1420. The van der Waals surface area contributed by atoms with Gasteiger partial charge in [-0.2, -0.15) is 0 Å². The quantitative estimate of drug-likeness (QED) is 0.493. The number of thioether (sulfide) groups is 1. The lowest BCUT2D eigenvalue weighted by atomic mass is 10.2. The molecule has 0 aliphatic carbocycles. The maximum absolute atomic E-state index is 12.7. The molecule has 1 atom stereocenters. The molecule has 11 nitrogen and oxygen atoms in total. The van der Waals surface area contributed by atoms with E-state index in [1.165, 1.54) is 25.8 Å². The van der Waals surface area contributed by atoms with Crippen LogP contribution < -0.4 is 26.8 Å². The normalized spacial score (nSPS) is 17.6. The highest BCUT2D eigenvalue weighted by Crippen LogP contribution is 2.32. The Morgan fingerprint density at radius 1 is 1.18 bits per heavy atom. The van der Waals surface area contributed by atoms with E-state index in [0.717, 1.165) is 4.90 Å². The first-order valence-electron chi connectivity index (χ1n) is 10.7. The summed E-state index contributed by atoms with van der Waals surface area (Å²) in [4.78, 5) is 56.0. The van der Waals surface area contributed by atoms with Crippen LogP contribution in [-0.4, -0.2) is 57.6 Å². The fourth-order valence-electron chi connectivity index (χ4n) is 4.03. The van der Waals surface area contributed by atoms with Crippen LogP contribution in [0.4, 0.5) is 16.4 Å². The van der Waals surface area contributed by atoms with Gasteiger partial charge < -0.3 is 15.4 Å². The molecule has 0 radical (unpaired) electrons. The molecule has 2 N–H and O–H groups in total. The molecule has 2 aromatic heterocycles. The third-order valence-corrected chi connectivity index (χ3v) is 6.80. The lowest BCUT2D eigenvalue weighted by Gasteiger charge is -2.18. The molecule has 0 unspecified atom stereocenters. The molecule has 12 heteroatoms. The minimum atomic E-state index is -0.520. The Kier molecular flexibility index (Phi) is 5.84. The minimum Gasteiger partial charge on any atom is -0.443 e. The van der Waals surface area contributed by atoms with Crippen molar-refractivity contribution in [2.75, 3.05) is 35.6 Å². The van der Waals surface area contributed by atoms with Crippen LogP contribution in [0.3, 0.4) is 0 Å². The summed E-state index contributed by atoms with van der Waals surface area (Å²) < 4.78 is 8.09. The van der Waals surface area contributed by atoms with Crippen LogP contribution >= 0.6 is 11.8 Å². The molecule has 176 valence electrons. The summed E-state index contributed by atoms with van der Waals surface area (Å²) in [5.74, 6) is 1.05. The van der Waals surface area contributed by atoms with E-state index in [1.807, 2.05) is 6.07 Å². The number of nitrogens with one attached hydrogen (secondary N) is 2. The Labute approximate surface area is 197 Å². The molecule has 1 fully saturated rings. The van der Waals surface area contributed by atoms with Gasteiger partial charge in [0.15, 0.2) is 0 Å². The van der Waals surface area contributed by atoms with Crippen LogP contribution in [-0.2, 0) is 23.1 Å². The number of pyridine rings is 1. The van der Waals surface area contributed by atoms with Crippen LogP contribution in [0, 0.1) is 0 Å². The van der Waals surface area contributed by atoms with Crippen molar-refractivity contribution in [3.8, 4) is 0 Å². The zero-order valence-corrected chi connectivity index (χ0v) is 19.1. The highest BCUT2D eigenvalue weighted by Gasteiger charge is 2.33. The van der Waals surface area contributed by atoms with Crippen molar-refractivity contribution in [2.24, 2.45) is 7.05 Å². The molecular formula is C22H22N6O5S. The number of aromatic nitrogens is 3. The second kappa shape index (κ2) is 8.95. The first-order chi connectivity index (χ1) is 16.4. The van der Waals surface area contributed by atoms with Crippen molar-refractivity contribution in [1.82, 2.24) is 19.4 Å². The SMILES string of the molecule is Cn1c(=O)n(CCNC[C@@H]2CN(c3ccc4c(n3)NC(=O)CS4)C(=O)O2)c(=O)c2ccccc21. The molecule has 2 amide bonds. The van der Waals surface area contributed by atoms with E-state index in [-0.39, 0.29) is 30.2 Å². The Morgan fingerprint density at radius 2 is 2.00 bits per heavy atom. The maximum Gasteiger partial charge on any atom is 0.416 e. The van der Waals surface area contributed by atoms with E-state index < -0.39 is 12.2 Å². The van der Waals surface area contributed by atoms with Gasteiger partial charge in [0.25, 0.3) is 5.56 Å². The van der Waals surface area contributed by atoms with Crippen molar-refractivity contribution < 1.29 is 14.3 Å². The monoisotopic (exact) mass is 482 g/mol. The first-order valence-corrected chi connectivity index (χ1v) is 11.7. The number of cyclic esters (lactones) is 1. The fraction of sp³-hybridized carbons (Fsp3) is 0.318. The highest BCUT2D eigenvalue weighted by atomic mass is 32.2. The Hall–Kier alpha value is -3.64. The lowest BCUT2D eigenvalue weighted by Crippen LogP contribution is -2.42. The average molecular weight is 483 g/mol. The number of hydrogen-bond donors (Lipinski definition) is 2. The fourth-order valence-corrected chi connectivity index (χ4v) is 4.79. The van der Waals surface area contributed by atoms with Gasteiger partial charge in [-0.25, -0.2) is 14.6 Å². The molecule has 3 aromatic rings. The molecule has 4 heterocycles. The van der Waals surface area contributed by atoms with Crippen molar-refractivity contribution >= 4 is 46.3 Å². The van der Waals surface area contributed by atoms with Crippen molar-refractivity contribution in [3.63, 3.8) is 0 Å². The summed E-state index contributed by atoms with van der Waals surface area (Å²) in [6, 6.07) is 10.5. The van der Waals surface area contributed by atoms with Crippen LogP contribution in [0.2, 0.25) is 0 Å². The number of carbonyl (C=O) groups is 2. The number of carbonyl (C=O) groups excluding carboxylic acids is 2. The van der Waals surface area contributed by atoms with E-state index in [0.29, 0.717) is 41.4 Å². The zero-order valence-electron chi connectivity index (χ0n) is 18.3. The predicted molar refractivity (Wildman–Crippen MR) is 128 cm³/mol. The molecule has 0 spiro atoms. The highest BCUT2D eigenvalue weighted by molar-refractivity contribution is 8.00. The summed E-state index contributed by atoms with van der Waals surface area (Å²) in [5.41, 5.74) is -0.121. The van der Waals surface area contributed by atoms with Gasteiger partial charge in [-0.15, -0.1) is 11.8 Å². The summed E-state index contributed by atoms with van der Waals surface area (Å²) in [6.07, 6.45) is -0.945. The molecule has 0 saturated carbocycles. The first kappa shape index (κ1) is 22.2. The molecule has 5 rings (SSSR count). The average Bonchev–Trinajstić information content (AvgIpc) is 3.22. The molecule has 0 bridgehead atoms. The van der Waals surface area contributed by atoms with Crippen molar-refractivity contribution in [3.05, 3.63) is 57.2 Å². The summed E-state index contributed by atoms with van der Waals surface area (Å²) in [6.45, 7) is 1.17. The van der Waals surface area contributed by atoms with Crippen molar-refractivity contribution in [2.45, 2.75) is 17.5 Å². The van der Waals surface area contributed by atoms with Gasteiger partial charge in [0.2, 0.25) is 5.91 Å². The third-order valence-electron chi connectivity index (χ3n) is 5.75. The van der Waals surface area contributed by atoms with Gasteiger partial charge in [-0.05, 0) is 24.3 Å². The number of amides is 2. The number of ether oxygens (including phenoxy) is 1. The Morgan fingerprint density at radius 3 is 2.85 bits per heavy atom. The number of anilines is 2. The molecular weight excluding hydrogens is 460 g/mol. The molecule has 2 aliphatic rings. The van der Waals surface area contributed by atoms with Gasteiger partial charge in [-0.1, -0.05) is 12.1 Å². The summed E-state index contributed by atoms with van der Waals surface area (Å²) in [5, 5.41) is 6.35. The second-order valence-corrected chi connectivity index (χ2v) is 9.01. The smallest absolute Gasteiger partial charge is 0.416 e. The van der Waals surface area contributed by atoms with E-state index in [9.17, 15) is 19.2 Å². The molecule has 1 aromatic carbocycles. The van der Waals surface area contributed by atoms with Gasteiger partial charge >= 0.3 is 11.8 Å². The third kappa shape index (κ3) is 4.05. The van der Waals surface area contributed by atoms with E-state index in [4.69, 9.17) is 4.74 Å². The molecule has 34 heavy (non-hydrogen) atoms. The summed E-state index contributed by atoms with van der Waals surface area (Å²) >= 11 is 1.40. The number of nitrogens with zero attached hydrogens (tertiary/aromatic N) is 4. The van der Waals surface area contributed by atoms with Crippen LogP contribution in [0.25, 0.3) is 10.9 Å². The van der Waals surface area contributed by atoms with Crippen LogP contribution in [0.5, 0.6) is 0 Å².